The topological polar surface area (TPSA) is 116 Å². The maximum Gasteiger partial charge on any atom is 0.293 e. The van der Waals surface area contributed by atoms with Crippen LogP contribution in [0.1, 0.15) is 28.4 Å². The van der Waals surface area contributed by atoms with Gasteiger partial charge in [-0.05, 0) is 76.6 Å². The standard InChI is InChI=1S/C27H20BrClN2O7S/c1-2-37-23-12-16(11-20(28)25(23)38-15-18-5-3-4-6-21(18)29)13-24-26(33)30(27(34)39-24)14-22(32)17-7-9-19(10-8-17)31(35)36/h3-13H,2,14-15H2,1H3/b24-13+. The Morgan fingerprint density at radius 2 is 1.85 bits per heavy atom. The van der Waals surface area contributed by atoms with Gasteiger partial charge in [0.25, 0.3) is 16.8 Å². The van der Waals surface area contributed by atoms with Gasteiger partial charge < -0.3 is 9.47 Å². The third-order valence-corrected chi connectivity index (χ3v) is 7.40. The number of rotatable bonds is 10. The molecule has 39 heavy (non-hydrogen) atoms. The first-order valence-electron chi connectivity index (χ1n) is 11.5. The summed E-state index contributed by atoms with van der Waals surface area (Å²) >= 11 is 10.4. The number of amides is 2. The molecule has 1 saturated heterocycles. The van der Waals surface area contributed by atoms with Crippen molar-refractivity contribution in [3.8, 4) is 11.5 Å². The van der Waals surface area contributed by atoms with Crippen molar-refractivity contribution in [1.82, 2.24) is 4.90 Å². The fourth-order valence-corrected chi connectivity index (χ4v) is 5.23. The van der Waals surface area contributed by atoms with E-state index in [1.807, 2.05) is 25.1 Å². The molecule has 1 fully saturated rings. The summed E-state index contributed by atoms with van der Waals surface area (Å²) in [7, 11) is 0. The van der Waals surface area contributed by atoms with Crippen molar-refractivity contribution in [2.45, 2.75) is 13.5 Å². The number of hydrogen-bond acceptors (Lipinski definition) is 8. The Morgan fingerprint density at radius 1 is 1.13 bits per heavy atom. The molecule has 1 aliphatic rings. The molecule has 12 heteroatoms. The monoisotopic (exact) mass is 630 g/mol. The highest BCUT2D eigenvalue weighted by molar-refractivity contribution is 9.10. The van der Waals surface area contributed by atoms with Crippen LogP contribution in [0.15, 0.2) is 70.0 Å². The minimum atomic E-state index is -0.617. The minimum absolute atomic E-state index is 0.135. The number of carbonyl (C=O) groups is 3. The normalized spacial score (nSPS) is 14.1. The molecular formula is C27H20BrClN2O7S. The van der Waals surface area contributed by atoms with E-state index in [1.54, 1.807) is 18.2 Å². The number of ether oxygens (including phenoxy) is 2. The Hall–Kier alpha value is -3.67. The van der Waals surface area contributed by atoms with Crippen LogP contribution in [0.4, 0.5) is 10.5 Å². The van der Waals surface area contributed by atoms with Gasteiger partial charge in [0.1, 0.15) is 6.61 Å². The van der Waals surface area contributed by atoms with E-state index in [0.29, 0.717) is 44.9 Å². The average Bonchev–Trinajstić information content (AvgIpc) is 3.16. The number of imide groups is 1. The molecule has 0 radical (unpaired) electrons. The molecule has 4 rings (SSSR count). The Morgan fingerprint density at radius 3 is 2.51 bits per heavy atom. The second-order valence-corrected chi connectivity index (χ2v) is 10.4. The summed E-state index contributed by atoms with van der Waals surface area (Å²) in [5, 5.41) is 10.8. The number of ketones is 1. The van der Waals surface area contributed by atoms with Gasteiger partial charge in [-0.2, -0.15) is 0 Å². The van der Waals surface area contributed by atoms with E-state index in [-0.39, 0.29) is 22.8 Å². The Bertz CT molecular complexity index is 1490. The van der Waals surface area contributed by atoms with Crippen molar-refractivity contribution >= 4 is 68.0 Å². The first kappa shape index (κ1) is 28.3. The SMILES string of the molecule is CCOc1cc(/C=C2/SC(=O)N(CC(=O)c3ccc([N+](=O)[O-])cc3)C2=O)cc(Br)c1OCc1ccccc1Cl. The second kappa shape index (κ2) is 12.5. The van der Waals surface area contributed by atoms with Gasteiger partial charge in [0.15, 0.2) is 17.3 Å². The molecule has 1 aliphatic heterocycles. The number of benzene rings is 3. The van der Waals surface area contributed by atoms with Crippen LogP contribution in [-0.2, 0) is 11.4 Å². The molecule has 0 bridgehead atoms. The zero-order valence-electron chi connectivity index (χ0n) is 20.4. The van der Waals surface area contributed by atoms with Crippen molar-refractivity contribution in [1.29, 1.82) is 0 Å². The zero-order chi connectivity index (χ0) is 28.1. The Kier molecular flexibility index (Phi) is 9.05. The highest BCUT2D eigenvalue weighted by Gasteiger charge is 2.36. The van der Waals surface area contributed by atoms with E-state index in [2.05, 4.69) is 15.9 Å². The highest BCUT2D eigenvalue weighted by atomic mass is 79.9. The van der Waals surface area contributed by atoms with Gasteiger partial charge in [-0.15, -0.1) is 0 Å². The average molecular weight is 632 g/mol. The van der Waals surface area contributed by atoms with E-state index in [4.69, 9.17) is 21.1 Å². The number of carbonyl (C=O) groups excluding carboxylic acids is 3. The lowest BCUT2D eigenvalue weighted by Crippen LogP contribution is -2.33. The molecule has 0 saturated carbocycles. The van der Waals surface area contributed by atoms with Crippen LogP contribution < -0.4 is 9.47 Å². The molecule has 9 nitrogen and oxygen atoms in total. The summed E-state index contributed by atoms with van der Waals surface area (Å²) in [5.41, 5.74) is 1.36. The minimum Gasteiger partial charge on any atom is -0.490 e. The number of non-ortho nitro benzene ring substituents is 1. The van der Waals surface area contributed by atoms with Gasteiger partial charge in [0.2, 0.25) is 0 Å². The van der Waals surface area contributed by atoms with Gasteiger partial charge in [-0.3, -0.25) is 29.4 Å². The molecule has 0 N–H and O–H groups in total. The van der Waals surface area contributed by atoms with Crippen LogP contribution in [0, 0.1) is 10.1 Å². The molecule has 0 atom stereocenters. The summed E-state index contributed by atoms with van der Waals surface area (Å²) < 4.78 is 12.3. The van der Waals surface area contributed by atoms with Gasteiger partial charge >= 0.3 is 0 Å². The zero-order valence-corrected chi connectivity index (χ0v) is 23.5. The maximum atomic E-state index is 13.0. The molecule has 3 aromatic carbocycles. The van der Waals surface area contributed by atoms with E-state index < -0.39 is 28.4 Å². The van der Waals surface area contributed by atoms with E-state index in [9.17, 15) is 24.5 Å². The molecule has 200 valence electrons. The van der Waals surface area contributed by atoms with E-state index >= 15 is 0 Å². The molecule has 0 aliphatic carbocycles. The predicted molar refractivity (Wildman–Crippen MR) is 151 cm³/mol. The van der Waals surface area contributed by atoms with Crippen LogP contribution in [0.2, 0.25) is 5.02 Å². The van der Waals surface area contributed by atoms with Crippen molar-refractivity contribution < 1.29 is 28.8 Å². The van der Waals surface area contributed by atoms with Crippen molar-refractivity contribution in [3.63, 3.8) is 0 Å². The molecule has 0 spiro atoms. The van der Waals surface area contributed by atoms with Crippen LogP contribution in [0.3, 0.4) is 0 Å². The van der Waals surface area contributed by atoms with Crippen molar-refractivity contribution in [3.05, 3.63) is 102 Å². The molecule has 3 aromatic rings. The second-order valence-electron chi connectivity index (χ2n) is 8.14. The first-order valence-corrected chi connectivity index (χ1v) is 13.5. The third-order valence-electron chi connectivity index (χ3n) is 5.53. The quantitative estimate of drug-likeness (QED) is 0.103. The lowest BCUT2D eigenvalue weighted by Gasteiger charge is -2.15. The molecule has 0 unspecified atom stereocenters. The number of hydrogen-bond donors (Lipinski definition) is 0. The molecule has 0 aromatic heterocycles. The summed E-state index contributed by atoms with van der Waals surface area (Å²) in [6, 6.07) is 15.7. The number of Topliss-reactive ketones (excluding diaryl/α,β-unsaturated/α-hetero) is 1. The fourth-order valence-electron chi connectivity index (χ4n) is 3.63. The third kappa shape index (κ3) is 6.67. The molecule has 2 amide bonds. The number of nitrogens with zero attached hydrogens (tertiary/aromatic N) is 2. The van der Waals surface area contributed by atoms with Gasteiger partial charge in [-0.1, -0.05) is 29.8 Å². The fraction of sp³-hybridized carbons (Fsp3) is 0.148. The Labute approximate surface area is 241 Å². The number of nitro groups is 1. The van der Waals surface area contributed by atoms with Gasteiger partial charge in [-0.25, -0.2) is 0 Å². The van der Waals surface area contributed by atoms with Crippen LogP contribution in [-0.4, -0.2) is 39.9 Å². The predicted octanol–water partition coefficient (Wildman–Crippen LogP) is 6.91. The number of thioether (sulfide) groups is 1. The number of halogens is 2. The lowest BCUT2D eigenvalue weighted by atomic mass is 10.1. The number of nitro benzene ring substituents is 1. The van der Waals surface area contributed by atoms with E-state index in [1.165, 1.54) is 30.3 Å². The van der Waals surface area contributed by atoms with Gasteiger partial charge in [0.05, 0.1) is 27.5 Å². The van der Waals surface area contributed by atoms with Crippen molar-refractivity contribution in [2.75, 3.05) is 13.2 Å². The highest BCUT2D eigenvalue weighted by Crippen LogP contribution is 2.40. The largest absolute Gasteiger partial charge is 0.490 e. The molecular weight excluding hydrogens is 612 g/mol. The Balaban J connectivity index is 1.52. The summed E-state index contributed by atoms with van der Waals surface area (Å²) in [6.07, 6.45) is 1.53. The smallest absolute Gasteiger partial charge is 0.293 e. The van der Waals surface area contributed by atoms with Gasteiger partial charge in [0, 0.05) is 28.3 Å². The summed E-state index contributed by atoms with van der Waals surface area (Å²) in [6.45, 7) is 1.91. The summed E-state index contributed by atoms with van der Waals surface area (Å²) in [4.78, 5) is 49.4. The van der Waals surface area contributed by atoms with Crippen LogP contribution in [0.25, 0.3) is 6.08 Å². The van der Waals surface area contributed by atoms with Crippen LogP contribution >= 0.6 is 39.3 Å². The molecule has 1 heterocycles. The first-order chi connectivity index (χ1) is 18.7. The van der Waals surface area contributed by atoms with E-state index in [0.717, 1.165) is 10.5 Å². The van der Waals surface area contributed by atoms with Crippen LogP contribution in [0.5, 0.6) is 11.5 Å². The maximum absolute atomic E-state index is 13.0. The summed E-state index contributed by atoms with van der Waals surface area (Å²) in [5.74, 6) is -0.253. The van der Waals surface area contributed by atoms with Crippen molar-refractivity contribution in [2.24, 2.45) is 0 Å². The lowest BCUT2D eigenvalue weighted by molar-refractivity contribution is -0.384.